The van der Waals surface area contributed by atoms with Crippen molar-refractivity contribution in [2.75, 3.05) is 38.2 Å². The summed E-state index contributed by atoms with van der Waals surface area (Å²) in [4.78, 5) is 27.4. The summed E-state index contributed by atoms with van der Waals surface area (Å²) >= 11 is 0. The number of rotatable bonds is 6. The Labute approximate surface area is 249 Å². The summed E-state index contributed by atoms with van der Waals surface area (Å²) in [5.74, 6) is -0.639. The van der Waals surface area contributed by atoms with Crippen molar-refractivity contribution in [1.29, 1.82) is 5.26 Å². The van der Waals surface area contributed by atoms with E-state index in [9.17, 15) is 14.4 Å². The Morgan fingerprint density at radius 3 is 2.86 bits per heavy atom. The van der Waals surface area contributed by atoms with Gasteiger partial charge in [0.1, 0.15) is 35.6 Å². The van der Waals surface area contributed by atoms with Crippen molar-refractivity contribution in [2.45, 2.75) is 62.8 Å². The Morgan fingerprint density at radius 1 is 1.26 bits per heavy atom. The Bertz CT molecular complexity index is 1670. The number of aryl methyl sites for hydroxylation is 1. The largest absolute Gasteiger partial charge is 0.475 e. The van der Waals surface area contributed by atoms with E-state index in [2.05, 4.69) is 33.6 Å². The number of hydrogen-bond donors (Lipinski definition) is 0. The minimum Gasteiger partial charge on any atom is -0.475 e. The van der Waals surface area contributed by atoms with E-state index in [1.165, 1.54) is 11.6 Å². The Balaban J connectivity index is 1.34. The summed E-state index contributed by atoms with van der Waals surface area (Å²) in [6.07, 6.45) is 7.02. The van der Waals surface area contributed by atoms with Crippen molar-refractivity contribution in [2.24, 2.45) is 0 Å². The van der Waals surface area contributed by atoms with Crippen molar-refractivity contribution in [3.05, 3.63) is 59.6 Å². The summed E-state index contributed by atoms with van der Waals surface area (Å²) in [7, 11) is 1.84. The van der Waals surface area contributed by atoms with Crippen LogP contribution in [-0.2, 0) is 17.6 Å². The first-order valence-corrected chi connectivity index (χ1v) is 15.1. The molecule has 0 radical (unpaired) electrons. The first kappa shape index (κ1) is 27.7. The molecule has 1 aromatic carbocycles. The number of alkyl halides is 1. The first-order chi connectivity index (χ1) is 20.9. The van der Waals surface area contributed by atoms with Gasteiger partial charge in [0.25, 0.3) is 0 Å². The SMILES string of the molecule is C=CC(=O)N1CC[C@@H]2[C@H]1CN2c1c(C#N)c(OC[C@@H]2C[C@@H](F)CN2C)nc2c(F)c(-c3cccc4c3CCCC4)ncc12. The number of carbonyl (C=O) groups excluding carboxylic acids is 1. The van der Waals surface area contributed by atoms with Crippen LogP contribution in [0.1, 0.15) is 42.4 Å². The van der Waals surface area contributed by atoms with Crippen molar-refractivity contribution >= 4 is 22.5 Å². The lowest BCUT2D eigenvalue weighted by Gasteiger charge is -2.48. The second kappa shape index (κ2) is 10.9. The molecule has 222 valence electrons. The van der Waals surface area contributed by atoms with Gasteiger partial charge in [-0.2, -0.15) is 5.26 Å². The molecule has 3 saturated heterocycles. The molecular weight excluding hydrogens is 550 g/mol. The molecule has 4 aliphatic rings. The predicted molar refractivity (Wildman–Crippen MR) is 159 cm³/mol. The Kier molecular flexibility index (Phi) is 7.01. The average molecular weight is 585 g/mol. The highest BCUT2D eigenvalue weighted by molar-refractivity contribution is 5.98. The standard InChI is InChI=1S/C33H34F2N6O2/c1-3-28(42)40-12-11-26-27(40)17-41(26)32-24(14-36)33(43-18-21-13-20(34)16-39(21)2)38-31-25(32)15-37-30(29(31)35)23-10-6-8-19-7-4-5-9-22(19)23/h3,6,8,10,15,20-21,26-27H,1,4-5,7,9,11-13,16-18H2,2H3/t20-,21+,26-,27-/m1/s1. The lowest BCUT2D eigenvalue weighted by Crippen LogP contribution is -2.63. The van der Waals surface area contributed by atoms with Gasteiger partial charge in [-0.1, -0.05) is 24.8 Å². The molecule has 3 aliphatic heterocycles. The molecule has 3 aromatic rings. The van der Waals surface area contributed by atoms with Crippen molar-refractivity contribution < 1.29 is 18.3 Å². The maximum atomic E-state index is 16.6. The first-order valence-electron chi connectivity index (χ1n) is 15.1. The zero-order valence-electron chi connectivity index (χ0n) is 24.2. The molecule has 2 aromatic heterocycles. The molecule has 0 N–H and O–H groups in total. The van der Waals surface area contributed by atoms with Crippen molar-refractivity contribution in [1.82, 2.24) is 19.8 Å². The number of benzene rings is 1. The molecule has 7 rings (SSSR count). The van der Waals surface area contributed by atoms with Gasteiger partial charge in [-0.15, -0.1) is 0 Å². The summed E-state index contributed by atoms with van der Waals surface area (Å²) in [5, 5.41) is 10.8. The molecule has 0 saturated carbocycles. The highest BCUT2D eigenvalue weighted by atomic mass is 19.1. The number of hydrogen-bond acceptors (Lipinski definition) is 7. The number of nitrogens with zero attached hydrogens (tertiary/aromatic N) is 6. The average Bonchev–Trinajstić information content (AvgIpc) is 3.52. The number of amides is 1. The third-order valence-electron chi connectivity index (χ3n) is 9.76. The number of likely N-dealkylation sites (tertiary alicyclic amines) is 2. The monoisotopic (exact) mass is 584 g/mol. The van der Waals surface area contributed by atoms with Gasteiger partial charge < -0.3 is 14.5 Å². The smallest absolute Gasteiger partial charge is 0.246 e. The molecule has 8 nitrogen and oxygen atoms in total. The van der Waals surface area contributed by atoms with Crippen LogP contribution in [0.5, 0.6) is 5.88 Å². The molecule has 43 heavy (non-hydrogen) atoms. The molecule has 1 amide bonds. The van der Waals surface area contributed by atoms with Crippen LogP contribution in [-0.4, -0.2) is 83.3 Å². The van der Waals surface area contributed by atoms with Crippen LogP contribution in [0.3, 0.4) is 0 Å². The lowest BCUT2D eigenvalue weighted by molar-refractivity contribution is -0.127. The number of nitriles is 1. The van der Waals surface area contributed by atoms with Crippen LogP contribution in [0.25, 0.3) is 22.2 Å². The van der Waals surface area contributed by atoms with Gasteiger partial charge in [-0.3, -0.25) is 14.7 Å². The maximum absolute atomic E-state index is 16.6. The molecule has 1 aliphatic carbocycles. The summed E-state index contributed by atoms with van der Waals surface area (Å²) in [6, 6.07) is 7.99. The molecule has 0 spiro atoms. The fourth-order valence-electron chi connectivity index (χ4n) is 7.50. The molecular formula is C33H34F2N6O2. The number of ether oxygens (including phenoxy) is 1. The van der Waals surface area contributed by atoms with Crippen LogP contribution >= 0.6 is 0 Å². The molecule has 0 unspecified atom stereocenters. The van der Waals surface area contributed by atoms with Crippen LogP contribution in [0, 0.1) is 17.1 Å². The highest BCUT2D eigenvalue weighted by Gasteiger charge is 2.49. The second-order valence-corrected chi connectivity index (χ2v) is 12.1. The molecule has 10 heteroatoms. The quantitative estimate of drug-likeness (QED) is 0.392. The van der Waals surface area contributed by atoms with Gasteiger partial charge in [0.05, 0.1) is 17.8 Å². The molecule has 4 atom stereocenters. The van der Waals surface area contributed by atoms with E-state index >= 15 is 4.39 Å². The summed E-state index contributed by atoms with van der Waals surface area (Å²) in [6.45, 7) is 5.14. The maximum Gasteiger partial charge on any atom is 0.246 e. The molecule has 3 fully saturated rings. The lowest BCUT2D eigenvalue weighted by atomic mass is 9.87. The summed E-state index contributed by atoms with van der Waals surface area (Å²) in [5.41, 5.74) is 4.16. The number of fused-ring (bicyclic) bond motifs is 3. The van der Waals surface area contributed by atoms with Crippen LogP contribution in [0.4, 0.5) is 14.5 Å². The van der Waals surface area contributed by atoms with Gasteiger partial charge in [0, 0.05) is 42.8 Å². The number of anilines is 1. The number of pyridine rings is 2. The number of aromatic nitrogens is 2. The normalized spacial score (nSPS) is 24.8. The van der Waals surface area contributed by atoms with E-state index in [1.54, 1.807) is 11.1 Å². The van der Waals surface area contributed by atoms with E-state index in [0.29, 0.717) is 43.5 Å². The van der Waals surface area contributed by atoms with Crippen molar-refractivity contribution in [3.8, 4) is 23.2 Å². The molecule has 0 bridgehead atoms. The van der Waals surface area contributed by atoms with E-state index < -0.39 is 12.0 Å². The van der Waals surface area contributed by atoms with Gasteiger partial charge >= 0.3 is 0 Å². The Hall–Kier alpha value is -4.10. The molecule has 5 heterocycles. The number of carbonyl (C=O) groups is 1. The minimum atomic E-state index is -0.946. The van der Waals surface area contributed by atoms with Gasteiger partial charge in [-0.25, -0.2) is 13.8 Å². The third-order valence-corrected chi connectivity index (χ3v) is 9.76. The number of likely N-dealkylation sites (N-methyl/N-ethyl adjacent to an activating group) is 1. The zero-order valence-corrected chi connectivity index (χ0v) is 24.2. The van der Waals surface area contributed by atoms with Crippen LogP contribution in [0.2, 0.25) is 0 Å². The highest BCUT2D eigenvalue weighted by Crippen LogP contribution is 2.45. The zero-order chi connectivity index (χ0) is 29.8. The fourth-order valence-corrected chi connectivity index (χ4v) is 7.50. The van der Waals surface area contributed by atoms with E-state index in [1.807, 2.05) is 24.1 Å². The van der Waals surface area contributed by atoms with Gasteiger partial charge in [-0.05, 0) is 62.8 Å². The number of halogens is 2. The fraction of sp³-hybridized carbons (Fsp3) is 0.455. The third kappa shape index (κ3) is 4.52. The van der Waals surface area contributed by atoms with Gasteiger partial charge in [0.15, 0.2) is 5.82 Å². The van der Waals surface area contributed by atoms with E-state index in [0.717, 1.165) is 36.8 Å². The second-order valence-electron chi connectivity index (χ2n) is 12.1. The van der Waals surface area contributed by atoms with Crippen LogP contribution < -0.4 is 9.64 Å². The topological polar surface area (TPSA) is 85.6 Å². The van der Waals surface area contributed by atoms with Crippen molar-refractivity contribution in [3.63, 3.8) is 0 Å². The van der Waals surface area contributed by atoms with E-state index in [4.69, 9.17) is 4.74 Å². The minimum absolute atomic E-state index is 0.0221. The van der Waals surface area contributed by atoms with E-state index in [-0.39, 0.29) is 53.3 Å². The van der Waals surface area contributed by atoms with Crippen LogP contribution in [0.15, 0.2) is 37.1 Å². The summed E-state index contributed by atoms with van der Waals surface area (Å²) < 4.78 is 36.9. The Morgan fingerprint density at radius 2 is 2.09 bits per heavy atom. The van der Waals surface area contributed by atoms with Gasteiger partial charge in [0.2, 0.25) is 11.8 Å². The predicted octanol–water partition coefficient (Wildman–Crippen LogP) is 4.58.